The molecule has 2 heteroatoms. The Kier molecular flexibility index (Phi) is 2.97. The summed E-state index contributed by atoms with van der Waals surface area (Å²) >= 11 is 0. The fourth-order valence-electron chi connectivity index (χ4n) is 4.33. The first-order valence-corrected chi connectivity index (χ1v) is 7.26. The highest BCUT2D eigenvalue weighted by Crippen LogP contribution is 2.51. The van der Waals surface area contributed by atoms with Crippen LogP contribution in [0.25, 0.3) is 0 Å². The molecular formula is C15H24N2. The maximum atomic E-state index is 4.52. The van der Waals surface area contributed by atoms with Crippen molar-refractivity contribution in [2.75, 3.05) is 0 Å². The summed E-state index contributed by atoms with van der Waals surface area (Å²) in [7, 11) is 0. The SMILES string of the molecule is CC1CCC2C(c3ncc[nH]3)CCCC2C1C. The molecule has 0 amide bonds. The zero-order valence-electron chi connectivity index (χ0n) is 11.0. The highest BCUT2D eigenvalue weighted by Gasteiger charge is 2.42. The van der Waals surface area contributed by atoms with Gasteiger partial charge in [0.05, 0.1) is 0 Å². The Balaban J connectivity index is 1.83. The molecule has 0 aliphatic heterocycles. The minimum absolute atomic E-state index is 0.707. The van der Waals surface area contributed by atoms with Crippen molar-refractivity contribution in [1.82, 2.24) is 9.97 Å². The number of fused-ring (bicyclic) bond motifs is 1. The molecular weight excluding hydrogens is 208 g/mol. The minimum atomic E-state index is 0.707. The first-order valence-electron chi connectivity index (χ1n) is 7.26. The smallest absolute Gasteiger partial charge is 0.109 e. The minimum Gasteiger partial charge on any atom is -0.348 e. The largest absolute Gasteiger partial charge is 0.348 e. The molecule has 2 saturated carbocycles. The van der Waals surface area contributed by atoms with Gasteiger partial charge in [-0.2, -0.15) is 0 Å². The van der Waals surface area contributed by atoms with E-state index in [9.17, 15) is 0 Å². The number of nitrogens with zero attached hydrogens (tertiary/aromatic N) is 1. The molecule has 0 bridgehead atoms. The van der Waals surface area contributed by atoms with Crippen LogP contribution in [0.1, 0.15) is 57.7 Å². The summed E-state index contributed by atoms with van der Waals surface area (Å²) in [6.45, 7) is 4.92. The normalized spacial score (nSPS) is 42.1. The van der Waals surface area contributed by atoms with Gasteiger partial charge in [0.25, 0.3) is 0 Å². The third-order valence-electron chi connectivity index (χ3n) is 5.52. The number of H-pyrrole nitrogens is 1. The summed E-state index contributed by atoms with van der Waals surface area (Å²) in [5.41, 5.74) is 0. The predicted molar refractivity (Wildman–Crippen MR) is 69.7 cm³/mol. The highest BCUT2D eigenvalue weighted by atomic mass is 14.9. The maximum absolute atomic E-state index is 4.52. The Labute approximate surface area is 104 Å². The van der Waals surface area contributed by atoms with E-state index in [1.807, 2.05) is 12.4 Å². The van der Waals surface area contributed by atoms with E-state index in [1.54, 1.807) is 0 Å². The molecule has 5 atom stereocenters. The van der Waals surface area contributed by atoms with Gasteiger partial charge in [-0.05, 0) is 42.9 Å². The summed E-state index contributed by atoms with van der Waals surface area (Å²) in [5.74, 6) is 5.63. The average Bonchev–Trinajstić information content (AvgIpc) is 2.87. The Bertz CT molecular complexity index is 357. The molecule has 0 saturated heterocycles. The van der Waals surface area contributed by atoms with Gasteiger partial charge in [0.2, 0.25) is 0 Å². The van der Waals surface area contributed by atoms with Crippen LogP contribution in [0.2, 0.25) is 0 Å². The van der Waals surface area contributed by atoms with Crippen molar-refractivity contribution in [1.29, 1.82) is 0 Å². The van der Waals surface area contributed by atoms with Gasteiger partial charge in [-0.3, -0.25) is 0 Å². The van der Waals surface area contributed by atoms with Gasteiger partial charge in [-0.1, -0.05) is 26.7 Å². The molecule has 0 radical (unpaired) electrons. The molecule has 2 aliphatic rings. The van der Waals surface area contributed by atoms with Gasteiger partial charge >= 0.3 is 0 Å². The van der Waals surface area contributed by atoms with Crippen molar-refractivity contribution in [2.24, 2.45) is 23.7 Å². The Morgan fingerprint density at radius 1 is 1.12 bits per heavy atom. The lowest BCUT2D eigenvalue weighted by Crippen LogP contribution is -2.38. The van der Waals surface area contributed by atoms with Crippen LogP contribution in [-0.2, 0) is 0 Å². The molecule has 2 nitrogen and oxygen atoms in total. The van der Waals surface area contributed by atoms with Crippen LogP contribution in [0.15, 0.2) is 12.4 Å². The number of nitrogens with one attached hydrogen (secondary N) is 1. The van der Waals surface area contributed by atoms with Crippen molar-refractivity contribution in [2.45, 2.75) is 51.9 Å². The van der Waals surface area contributed by atoms with Gasteiger partial charge < -0.3 is 4.98 Å². The molecule has 17 heavy (non-hydrogen) atoms. The fraction of sp³-hybridized carbons (Fsp3) is 0.800. The van der Waals surface area contributed by atoms with E-state index in [2.05, 4.69) is 23.8 Å². The topological polar surface area (TPSA) is 28.7 Å². The highest BCUT2D eigenvalue weighted by molar-refractivity contribution is 5.05. The molecule has 1 aromatic rings. The van der Waals surface area contributed by atoms with Gasteiger partial charge in [-0.15, -0.1) is 0 Å². The number of hydrogen-bond donors (Lipinski definition) is 1. The molecule has 3 rings (SSSR count). The Morgan fingerprint density at radius 2 is 2.00 bits per heavy atom. The standard InChI is InChI=1S/C15H24N2/c1-10-6-7-13-12(11(10)2)4-3-5-14(13)15-16-8-9-17-15/h8-14H,3-7H2,1-2H3,(H,16,17). The summed E-state index contributed by atoms with van der Waals surface area (Å²) in [6.07, 6.45) is 10.9. The molecule has 1 aromatic heterocycles. The van der Waals surface area contributed by atoms with E-state index >= 15 is 0 Å². The predicted octanol–water partition coefficient (Wildman–Crippen LogP) is 3.98. The molecule has 1 N–H and O–H groups in total. The number of aromatic nitrogens is 2. The third kappa shape index (κ3) is 1.92. The van der Waals surface area contributed by atoms with Gasteiger partial charge in [-0.25, -0.2) is 4.98 Å². The molecule has 94 valence electrons. The second kappa shape index (κ2) is 4.47. The van der Waals surface area contributed by atoms with Crippen LogP contribution in [0.3, 0.4) is 0 Å². The molecule has 0 spiro atoms. The summed E-state index contributed by atoms with van der Waals surface area (Å²) < 4.78 is 0. The van der Waals surface area contributed by atoms with Crippen LogP contribution in [0.5, 0.6) is 0 Å². The maximum Gasteiger partial charge on any atom is 0.109 e. The number of aromatic amines is 1. The van der Waals surface area contributed by atoms with Crippen molar-refractivity contribution < 1.29 is 0 Å². The van der Waals surface area contributed by atoms with Crippen LogP contribution >= 0.6 is 0 Å². The van der Waals surface area contributed by atoms with E-state index in [1.165, 1.54) is 37.9 Å². The van der Waals surface area contributed by atoms with Gasteiger partial charge in [0, 0.05) is 18.3 Å². The van der Waals surface area contributed by atoms with Crippen LogP contribution in [-0.4, -0.2) is 9.97 Å². The van der Waals surface area contributed by atoms with E-state index in [-0.39, 0.29) is 0 Å². The zero-order valence-corrected chi connectivity index (χ0v) is 11.0. The quantitative estimate of drug-likeness (QED) is 0.779. The monoisotopic (exact) mass is 232 g/mol. The molecule has 2 fully saturated rings. The van der Waals surface area contributed by atoms with E-state index < -0.39 is 0 Å². The van der Waals surface area contributed by atoms with E-state index in [0.29, 0.717) is 5.92 Å². The van der Waals surface area contributed by atoms with Gasteiger partial charge in [0.1, 0.15) is 5.82 Å². The Hall–Kier alpha value is -0.790. The second-order valence-corrected chi connectivity index (χ2v) is 6.25. The van der Waals surface area contributed by atoms with E-state index in [0.717, 1.165) is 23.7 Å². The van der Waals surface area contributed by atoms with Crippen molar-refractivity contribution in [3.8, 4) is 0 Å². The van der Waals surface area contributed by atoms with Gasteiger partial charge in [0.15, 0.2) is 0 Å². The summed E-state index contributed by atoms with van der Waals surface area (Å²) in [6, 6.07) is 0. The molecule has 1 heterocycles. The zero-order chi connectivity index (χ0) is 11.8. The second-order valence-electron chi connectivity index (χ2n) is 6.25. The lowest BCUT2D eigenvalue weighted by Gasteiger charge is -2.46. The van der Waals surface area contributed by atoms with Crippen molar-refractivity contribution in [3.63, 3.8) is 0 Å². The van der Waals surface area contributed by atoms with Crippen LogP contribution in [0, 0.1) is 23.7 Å². The molecule has 0 aromatic carbocycles. The average molecular weight is 232 g/mol. The summed E-state index contributed by atoms with van der Waals surface area (Å²) in [4.78, 5) is 7.87. The first-order chi connectivity index (χ1) is 8.27. The van der Waals surface area contributed by atoms with Crippen molar-refractivity contribution in [3.05, 3.63) is 18.2 Å². The number of rotatable bonds is 1. The van der Waals surface area contributed by atoms with E-state index in [4.69, 9.17) is 0 Å². The van der Waals surface area contributed by atoms with Crippen LogP contribution in [0.4, 0.5) is 0 Å². The first kappa shape index (κ1) is 11.3. The summed E-state index contributed by atoms with van der Waals surface area (Å²) in [5, 5.41) is 0. The molecule has 2 aliphatic carbocycles. The molecule has 5 unspecified atom stereocenters. The van der Waals surface area contributed by atoms with Crippen LogP contribution < -0.4 is 0 Å². The number of hydrogen-bond acceptors (Lipinski definition) is 1. The lowest BCUT2D eigenvalue weighted by molar-refractivity contribution is 0.0551. The Morgan fingerprint density at radius 3 is 2.76 bits per heavy atom. The third-order valence-corrected chi connectivity index (χ3v) is 5.52. The fourth-order valence-corrected chi connectivity index (χ4v) is 4.33. The number of imidazole rings is 1. The lowest BCUT2D eigenvalue weighted by atomic mass is 9.59. The van der Waals surface area contributed by atoms with Crippen molar-refractivity contribution >= 4 is 0 Å².